The number of fused-ring (bicyclic) bond motifs is 4. The molecular weight excluding hydrogens is 333 g/mol. The van der Waals surface area contributed by atoms with E-state index in [2.05, 4.69) is 0 Å². The minimum absolute atomic E-state index is 0.0939. The highest BCUT2D eigenvalue weighted by atomic mass is 19.2. The number of halogens is 3. The maximum Gasteiger partial charge on any atom is 0.167 e. The van der Waals surface area contributed by atoms with Crippen LogP contribution in [0.15, 0.2) is 48.5 Å². The van der Waals surface area contributed by atoms with Gasteiger partial charge in [0.1, 0.15) is 5.82 Å². The van der Waals surface area contributed by atoms with Crippen LogP contribution in [0.25, 0.3) is 22.3 Å². The largest absolute Gasteiger partial charge is 0.206 e. The monoisotopic (exact) mass is 352 g/mol. The Bertz CT molecular complexity index is 975. The average molecular weight is 352 g/mol. The molecule has 3 heteroatoms. The Labute approximate surface area is 151 Å². The SMILES string of the molecule is CCCc1ccc2c(c1F)-c1c-2cc(CCc2ccccc2)c(F)c1F. The normalized spacial score (nSPS) is 11.7. The lowest BCUT2D eigenvalue weighted by molar-refractivity contribution is 0.499. The standard InChI is InChI=1S/C23H19F3/c1-2-6-15-11-12-17-18-13-16(10-9-14-7-4-3-5-8-14)22(25)23(26)20(18)19(17)21(15)24/h3-5,7-8,11-13H,2,6,9-10H2,1H3. The van der Waals surface area contributed by atoms with Crippen LogP contribution in [0.1, 0.15) is 30.0 Å². The lowest BCUT2D eigenvalue weighted by atomic mass is 9.77. The molecule has 0 radical (unpaired) electrons. The molecule has 0 spiro atoms. The van der Waals surface area contributed by atoms with Crippen LogP contribution in [0, 0.1) is 17.5 Å². The zero-order valence-electron chi connectivity index (χ0n) is 14.6. The molecule has 26 heavy (non-hydrogen) atoms. The van der Waals surface area contributed by atoms with E-state index in [-0.39, 0.29) is 11.1 Å². The highest BCUT2D eigenvalue weighted by molar-refractivity contribution is 6.03. The van der Waals surface area contributed by atoms with E-state index in [1.807, 2.05) is 43.3 Å². The van der Waals surface area contributed by atoms with Crippen molar-refractivity contribution in [3.8, 4) is 22.3 Å². The van der Waals surface area contributed by atoms with E-state index in [0.29, 0.717) is 41.5 Å². The van der Waals surface area contributed by atoms with E-state index in [0.717, 1.165) is 12.0 Å². The van der Waals surface area contributed by atoms with Crippen molar-refractivity contribution in [1.82, 2.24) is 0 Å². The van der Waals surface area contributed by atoms with E-state index >= 15 is 0 Å². The summed E-state index contributed by atoms with van der Waals surface area (Å²) in [6.07, 6.45) is 2.43. The van der Waals surface area contributed by atoms with Crippen LogP contribution >= 0.6 is 0 Å². The highest BCUT2D eigenvalue weighted by Gasteiger charge is 2.33. The van der Waals surface area contributed by atoms with Gasteiger partial charge in [-0.15, -0.1) is 0 Å². The van der Waals surface area contributed by atoms with Gasteiger partial charge in [-0.05, 0) is 53.1 Å². The van der Waals surface area contributed by atoms with E-state index in [9.17, 15) is 13.2 Å². The summed E-state index contributed by atoms with van der Waals surface area (Å²) in [5, 5.41) is 0. The third kappa shape index (κ3) is 2.63. The predicted molar refractivity (Wildman–Crippen MR) is 98.6 cm³/mol. The van der Waals surface area contributed by atoms with Crippen LogP contribution in [0.5, 0.6) is 0 Å². The first-order valence-corrected chi connectivity index (χ1v) is 8.98. The van der Waals surface area contributed by atoms with Crippen LogP contribution in [0.4, 0.5) is 13.2 Å². The number of benzene rings is 3. The molecule has 0 saturated carbocycles. The van der Waals surface area contributed by atoms with Gasteiger partial charge in [0.15, 0.2) is 11.6 Å². The fourth-order valence-electron chi connectivity index (χ4n) is 3.73. The first-order valence-electron chi connectivity index (χ1n) is 8.98. The molecule has 132 valence electrons. The summed E-state index contributed by atoms with van der Waals surface area (Å²) in [4.78, 5) is 0. The first kappa shape index (κ1) is 16.9. The van der Waals surface area contributed by atoms with E-state index in [1.54, 1.807) is 12.1 Å². The highest BCUT2D eigenvalue weighted by Crippen LogP contribution is 2.51. The molecule has 0 heterocycles. The van der Waals surface area contributed by atoms with Crippen LogP contribution in [-0.4, -0.2) is 0 Å². The zero-order valence-corrected chi connectivity index (χ0v) is 14.6. The fourth-order valence-corrected chi connectivity index (χ4v) is 3.73. The molecule has 1 aliphatic carbocycles. The van der Waals surface area contributed by atoms with Crippen molar-refractivity contribution in [2.75, 3.05) is 0 Å². The maximum absolute atomic E-state index is 14.7. The van der Waals surface area contributed by atoms with Gasteiger partial charge in [0.05, 0.1) is 0 Å². The first-order chi connectivity index (χ1) is 12.6. The molecule has 0 amide bonds. The van der Waals surface area contributed by atoms with Crippen molar-refractivity contribution >= 4 is 0 Å². The van der Waals surface area contributed by atoms with Crippen molar-refractivity contribution < 1.29 is 13.2 Å². The second-order valence-electron chi connectivity index (χ2n) is 6.78. The van der Waals surface area contributed by atoms with Crippen LogP contribution in [0.2, 0.25) is 0 Å². The molecule has 0 nitrogen and oxygen atoms in total. The summed E-state index contributed by atoms with van der Waals surface area (Å²) < 4.78 is 43.9. The Kier molecular flexibility index (Phi) is 4.31. The van der Waals surface area contributed by atoms with Gasteiger partial charge in [-0.3, -0.25) is 0 Å². The quantitative estimate of drug-likeness (QED) is 0.385. The molecule has 1 aliphatic rings. The third-order valence-electron chi connectivity index (χ3n) is 5.09. The van der Waals surface area contributed by atoms with E-state index < -0.39 is 17.5 Å². The molecule has 3 aromatic rings. The van der Waals surface area contributed by atoms with Gasteiger partial charge < -0.3 is 0 Å². The van der Waals surface area contributed by atoms with E-state index in [1.165, 1.54) is 0 Å². The van der Waals surface area contributed by atoms with Gasteiger partial charge >= 0.3 is 0 Å². The summed E-state index contributed by atoms with van der Waals surface area (Å²) in [6.45, 7) is 1.96. The summed E-state index contributed by atoms with van der Waals surface area (Å²) in [5.74, 6) is -2.19. The fraction of sp³-hybridized carbons (Fsp3) is 0.217. The molecule has 4 rings (SSSR count). The summed E-state index contributed by atoms with van der Waals surface area (Å²) in [5.41, 5.74) is 3.60. The summed E-state index contributed by atoms with van der Waals surface area (Å²) in [7, 11) is 0. The van der Waals surface area contributed by atoms with Crippen molar-refractivity contribution in [2.45, 2.75) is 32.6 Å². The molecule has 0 bridgehead atoms. The third-order valence-corrected chi connectivity index (χ3v) is 5.09. The topological polar surface area (TPSA) is 0 Å². The van der Waals surface area contributed by atoms with Gasteiger partial charge in [-0.1, -0.05) is 55.8 Å². The molecule has 0 fully saturated rings. The molecule has 0 aliphatic heterocycles. The number of hydrogen-bond donors (Lipinski definition) is 0. The van der Waals surface area contributed by atoms with Crippen molar-refractivity contribution in [2.24, 2.45) is 0 Å². The van der Waals surface area contributed by atoms with Crippen molar-refractivity contribution in [3.05, 3.63) is 82.7 Å². The van der Waals surface area contributed by atoms with E-state index in [4.69, 9.17) is 0 Å². The molecule has 3 aromatic carbocycles. The lowest BCUT2D eigenvalue weighted by Crippen LogP contribution is -2.11. The lowest BCUT2D eigenvalue weighted by Gasteiger charge is -2.27. The van der Waals surface area contributed by atoms with Gasteiger partial charge in [0.25, 0.3) is 0 Å². The predicted octanol–water partition coefficient (Wildman–Crippen LogP) is 6.49. The van der Waals surface area contributed by atoms with Gasteiger partial charge in [-0.2, -0.15) is 0 Å². The smallest absolute Gasteiger partial charge is 0.167 e. The second kappa shape index (κ2) is 6.64. The maximum atomic E-state index is 14.7. The number of hydrogen-bond acceptors (Lipinski definition) is 0. The molecule has 0 atom stereocenters. The van der Waals surface area contributed by atoms with Crippen molar-refractivity contribution in [1.29, 1.82) is 0 Å². The van der Waals surface area contributed by atoms with Crippen LogP contribution in [-0.2, 0) is 19.3 Å². The van der Waals surface area contributed by atoms with Gasteiger partial charge in [0.2, 0.25) is 0 Å². The zero-order chi connectivity index (χ0) is 18.3. The molecular formula is C23H19F3. The molecule has 0 unspecified atom stereocenters. The Morgan fingerprint density at radius 3 is 2.12 bits per heavy atom. The summed E-state index contributed by atoms with van der Waals surface area (Å²) >= 11 is 0. The van der Waals surface area contributed by atoms with Gasteiger partial charge in [0, 0.05) is 11.1 Å². The Morgan fingerprint density at radius 2 is 1.38 bits per heavy atom. The number of aryl methyl sites for hydroxylation is 3. The Hall–Kier alpha value is -2.55. The molecule has 0 N–H and O–H groups in total. The minimum Gasteiger partial charge on any atom is -0.206 e. The van der Waals surface area contributed by atoms with Crippen molar-refractivity contribution in [3.63, 3.8) is 0 Å². The molecule has 0 aromatic heterocycles. The van der Waals surface area contributed by atoms with Crippen LogP contribution < -0.4 is 0 Å². The second-order valence-corrected chi connectivity index (χ2v) is 6.78. The summed E-state index contributed by atoms with van der Waals surface area (Å²) in [6, 6.07) is 15.0. The minimum atomic E-state index is -0.925. The molecule has 0 saturated heterocycles. The van der Waals surface area contributed by atoms with Crippen LogP contribution in [0.3, 0.4) is 0 Å². The van der Waals surface area contributed by atoms with Gasteiger partial charge in [-0.25, -0.2) is 13.2 Å². The number of rotatable bonds is 5. The Morgan fingerprint density at radius 1 is 0.654 bits per heavy atom. The average Bonchev–Trinajstić information content (AvgIpc) is 2.64. The Balaban J connectivity index is 1.69.